The molecular formula is C18H25N5O3S. The number of hydrogen-bond donors (Lipinski definition) is 0. The van der Waals surface area contributed by atoms with Crippen molar-refractivity contribution in [2.24, 2.45) is 5.92 Å². The molecule has 2 aromatic rings. The predicted octanol–water partition coefficient (Wildman–Crippen LogP) is 1.06. The highest BCUT2D eigenvalue weighted by Crippen LogP contribution is 2.18. The van der Waals surface area contributed by atoms with Crippen molar-refractivity contribution in [3.63, 3.8) is 0 Å². The van der Waals surface area contributed by atoms with Crippen LogP contribution in [-0.4, -0.2) is 64.5 Å². The quantitative estimate of drug-likeness (QED) is 0.761. The Labute approximate surface area is 159 Å². The molecule has 0 spiro atoms. The van der Waals surface area contributed by atoms with Crippen molar-refractivity contribution < 1.29 is 13.2 Å². The van der Waals surface area contributed by atoms with Crippen LogP contribution in [0.15, 0.2) is 35.2 Å². The number of aromatic nitrogens is 3. The topological polar surface area (TPSA) is 88.4 Å². The zero-order valence-electron chi connectivity index (χ0n) is 15.9. The summed E-state index contributed by atoms with van der Waals surface area (Å²) in [4.78, 5) is 19.0. The number of rotatable bonds is 5. The monoisotopic (exact) mass is 391 g/mol. The van der Waals surface area contributed by atoms with Gasteiger partial charge in [-0.2, -0.15) is 9.40 Å². The molecule has 1 aromatic carbocycles. The van der Waals surface area contributed by atoms with E-state index in [0.717, 1.165) is 5.82 Å². The highest BCUT2D eigenvalue weighted by Gasteiger charge is 2.31. The summed E-state index contributed by atoms with van der Waals surface area (Å²) in [5.74, 6) is 1.24. The van der Waals surface area contributed by atoms with Crippen LogP contribution in [0.4, 0.5) is 0 Å². The van der Waals surface area contributed by atoms with Crippen molar-refractivity contribution in [1.82, 2.24) is 24.0 Å². The maximum absolute atomic E-state index is 12.7. The molecule has 0 radical (unpaired) electrons. The SMILES string of the molecule is Cc1nc(C)n(C[C@H](C)C(=O)N2CCN(S(=O)(=O)c3ccccc3)CC2)n1. The molecule has 1 amide bonds. The van der Waals surface area contributed by atoms with E-state index >= 15 is 0 Å². The molecule has 1 saturated heterocycles. The number of carbonyl (C=O) groups is 1. The number of sulfonamides is 1. The van der Waals surface area contributed by atoms with Crippen molar-refractivity contribution in [3.05, 3.63) is 42.0 Å². The van der Waals surface area contributed by atoms with Crippen LogP contribution in [0.1, 0.15) is 18.6 Å². The van der Waals surface area contributed by atoms with Crippen LogP contribution in [-0.2, 0) is 21.4 Å². The van der Waals surface area contributed by atoms with Crippen LogP contribution >= 0.6 is 0 Å². The summed E-state index contributed by atoms with van der Waals surface area (Å²) >= 11 is 0. The van der Waals surface area contributed by atoms with Gasteiger partial charge in [-0.05, 0) is 26.0 Å². The van der Waals surface area contributed by atoms with E-state index in [2.05, 4.69) is 10.1 Å². The molecule has 1 aromatic heterocycles. The number of carbonyl (C=O) groups excluding carboxylic acids is 1. The summed E-state index contributed by atoms with van der Waals surface area (Å²) in [6, 6.07) is 8.40. The fourth-order valence-electron chi connectivity index (χ4n) is 3.27. The van der Waals surface area contributed by atoms with Crippen LogP contribution in [0, 0.1) is 19.8 Å². The van der Waals surface area contributed by atoms with Crippen LogP contribution in [0.5, 0.6) is 0 Å². The van der Waals surface area contributed by atoms with Crippen molar-refractivity contribution in [1.29, 1.82) is 0 Å². The van der Waals surface area contributed by atoms with E-state index in [1.165, 1.54) is 4.31 Å². The molecule has 0 bridgehead atoms. The zero-order chi connectivity index (χ0) is 19.6. The number of piperazine rings is 1. The lowest BCUT2D eigenvalue weighted by Gasteiger charge is -2.35. The van der Waals surface area contributed by atoms with E-state index in [-0.39, 0.29) is 16.7 Å². The standard InChI is InChI=1S/C18H25N5O3S/c1-14(13-23-16(3)19-15(2)20-23)18(24)21-9-11-22(12-10-21)27(25,26)17-7-5-4-6-8-17/h4-8,14H,9-13H2,1-3H3/t14-/m0/s1. The molecule has 0 N–H and O–H groups in total. The van der Waals surface area contributed by atoms with E-state index in [9.17, 15) is 13.2 Å². The molecule has 1 atom stereocenters. The minimum atomic E-state index is -3.51. The fraction of sp³-hybridized carbons (Fsp3) is 0.500. The number of aryl methyl sites for hydroxylation is 2. The number of nitrogens with zero attached hydrogens (tertiary/aromatic N) is 5. The van der Waals surface area contributed by atoms with Crippen molar-refractivity contribution in [2.75, 3.05) is 26.2 Å². The van der Waals surface area contributed by atoms with Gasteiger partial charge in [0.15, 0.2) is 0 Å². The highest BCUT2D eigenvalue weighted by molar-refractivity contribution is 7.89. The Kier molecular flexibility index (Phi) is 5.61. The Bertz CT molecular complexity index is 902. The smallest absolute Gasteiger partial charge is 0.243 e. The number of hydrogen-bond acceptors (Lipinski definition) is 5. The molecule has 8 nitrogen and oxygen atoms in total. The molecule has 3 rings (SSSR count). The van der Waals surface area contributed by atoms with E-state index in [1.54, 1.807) is 39.9 Å². The number of amides is 1. The first-order chi connectivity index (χ1) is 12.8. The second-order valence-electron chi connectivity index (χ2n) is 6.83. The van der Waals surface area contributed by atoms with Gasteiger partial charge in [0.2, 0.25) is 15.9 Å². The van der Waals surface area contributed by atoms with Gasteiger partial charge >= 0.3 is 0 Å². The summed E-state index contributed by atoms with van der Waals surface area (Å²) in [6.45, 7) is 7.41. The van der Waals surface area contributed by atoms with Crippen molar-refractivity contribution in [3.8, 4) is 0 Å². The molecule has 0 aliphatic carbocycles. The minimum absolute atomic E-state index is 0.0133. The first-order valence-electron chi connectivity index (χ1n) is 9.01. The van der Waals surface area contributed by atoms with Gasteiger partial charge in [0, 0.05) is 26.2 Å². The third-order valence-corrected chi connectivity index (χ3v) is 6.68. The molecule has 146 valence electrons. The van der Waals surface area contributed by atoms with Crippen molar-refractivity contribution >= 4 is 15.9 Å². The molecule has 1 aliphatic rings. The van der Waals surface area contributed by atoms with Gasteiger partial charge in [-0.15, -0.1) is 0 Å². The largest absolute Gasteiger partial charge is 0.340 e. The average Bonchev–Trinajstić information content (AvgIpc) is 2.98. The third-order valence-electron chi connectivity index (χ3n) is 4.76. The molecule has 2 heterocycles. The first-order valence-corrected chi connectivity index (χ1v) is 10.4. The number of benzene rings is 1. The zero-order valence-corrected chi connectivity index (χ0v) is 16.7. The normalized spacial score (nSPS) is 17.1. The van der Waals surface area contributed by atoms with Gasteiger partial charge < -0.3 is 4.90 Å². The molecular weight excluding hydrogens is 366 g/mol. The second-order valence-corrected chi connectivity index (χ2v) is 8.77. The van der Waals surface area contributed by atoms with E-state index in [1.807, 2.05) is 20.8 Å². The highest BCUT2D eigenvalue weighted by atomic mass is 32.2. The lowest BCUT2D eigenvalue weighted by Crippen LogP contribution is -2.52. The first kappa shape index (κ1) is 19.5. The molecule has 0 saturated carbocycles. The van der Waals surface area contributed by atoms with E-state index in [0.29, 0.717) is 38.5 Å². The average molecular weight is 391 g/mol. The minimum Gasteiger partial charge on any atom is -0.340 e. The molecule has 9 heteroatoms. The second kappa shape index (κ2) is 7.77. The van der Waals surface area contributed by atoms with Gasteiger partial charge in [-0.3, -0.25) is 4.79 Å². The molecule has 0 unspecified atom stereocenters. The molecule has 27 heavy (non-hydrogen) atoms. The predicted molar refractivity (Wildman–Crippen MR) is 100 cm³/mol. The Morgan fingerprint density at radius 1 is 1.11 bits per heavy atom. The van der Waals surface area contributed by atoms with Crippen LogP contribution in [0.2, 0.25) is 0 Å². The van der Waals surface area contributed by atoms with Crippen LogP contribution in [0.25, 0.3) is 0 Å². The summed E-state index contributed by atoms with van der Waals surface area (Å²) < 4.78 is 28.6. The Morgan fingerprint density at radius 2 is 1.74 bits per heavy atom. The Morgan fingerprint density at radius 3 is 2.30 bits per heavy atom. The Balaban J connectivity index is 1.60. The summed E-state index contributed by atoms with van der Waals surface area (Å²) in [6.07, 6.45) is 0. The summed E-state index contributed by atoms with van der Waals surface area (Å²) in [5.41, 5.74) is 0. The summed E-state index contributed by atoms with van der Waals surface area (Å²) in [5, 5.41) is 4.30. The van der Waals surface area contributed by atoms with Crippen LogP contribution in [0.3, 0.4) is 0 Å². The van der Waals surface area contributed by atoms with E-state index < -0.39 is 10.0 Å². The van der Waals surface area contributed by atoms with Gasteiger partial charge in [0.1, 0.15) is 11.6 Å². The van der Waals surface area contributed by atoms with Crippen LogP contribution < -0.4 is 0 Å². The molecule has 1 aliphatic heterocycles. The lowest BCUT2D eigenvalue weighted by molar-refractivity contribution is -0.136. The lowest BCUT2D eigenvalue weighted by atomic mass is 10.1. The van der Waals surface area contributed by atoms with Gasteiger partial charge in [-0.25, -0.2) is 18.1 Å². The van der Waals surface area contributed by atoms with E-state index in [4.69, 9.17) is 0 Å². The van der Waals surface area contributed by atoms with Gasteiger partial charge in [-0.1, -0.05) is 25.1 Å². The maximum Gasteiger partial charge on any atom is 0.243 e. The van der Waals surface area contributed by atoms with Gasteiger partial charge in [0.05, 0.1) is 17.4 Å². The Hall–Kier alpha value is -2.26. The summed E-state index contributed by atoms with van der Waals surface area (Å²) in [7, 11) is -3.51. The van der Waals surface area contributed by atoms with Gasteiger partial charge in [0.25, 0.3) is 0 Å². The third kappa shape index (κ3) is 4.19. The molecule has 1 fully saturated rings. The fourth-order valence-corrected chi connectivity index (χ4v) is 4.72. The van der Waals surface area contributed by atoms with Crippen molar-refractivity contribution in [2.45, 2.75) is 32.2 Å². The maximum atomic E-state index is 12.7.